The van der Waals surface area contributed by atoms with E-state index in [0.717, 1.165) is 12.2 Å². The average Bonchev–Trinajstić information content (AvgIpc) is 2.89. The van der Waals surface area contributed by atoms with Gasteiger partial charge < -0.3 is 9.30 Å². The molecule has 0 amide bonds. The molecule has 2 aromatic rings. The van der Waals surface area contributed by atoms with Crippen molar-refractivity contribution in [1.29, 1.82) is 0 Å². The molecule has 1 aromatic carbocycles. The molecule has 5 rings (SSSR count). The van der Waals surface area contributed by atoms with Crippen LogP contribution in [0, 0.1) is 5.92 Å². The van der Waals surface area contributed by atoms with E-state index in [1.54, 1.807) is 12.8 Å². The van der Waals surface area contributed by atoms with Gasteiger partial charge in [0.2, 0.25) is 0 Å². The van der Waals surface area contributed by atoms with Crippen molar-refractivity contribution in [2.75, 3.05) is 20.2 Å². The SMILES string of the molecule is COc1cccc2c1c1c3n2C=C(C)[C@H]2CCCN(CC1)[C@@H]32. The van der Waals surface area contributed by atoms with E-state index < -0.39 is 0 Å². The predicted molar refractivity (Wildman–Crippen MR) is 89.2 cm³/mol. The van der Waals surface area contributed by atoms with Gasteiger partial charge in [-0.15, -0.1) is 0 Å². The summed E-state index contributed by atoms with van der Waals surface area (Å²) in [6.45, 7) is 4.77. The summed E-state index contributed by atoms with van der Waals surface area (Å²) >= 11 is 0. The molecule has 3 aliphatic heterocycles. The van der Waals surface area contributed by atoms with Gasteiger partial charge in [-0.2, -0.15) is 0 Å². The van der Waals surface area contributed by atoms with Gasteiger partial charge in [0.1, 0.15) is 5.75 Å². The number of ether oxygens (including phenoxy) is 1. The number of methoxy groups -OCH3 is 1. The average molecular weight is 294 g/mol. The fourth-order valence-electron chi connectivity index (χ4n) is 5.02. The Bertz CT molecular complexity index is 801. The van der Waals surface area contributed by atoms with Crippen LogP contribution in [0.25, 0.3) is 17.1 Å². The zero-order valence-corrected chi connectivity index (χ0v) is 13.3. The molecule has 0 radical (unpaired) electrons. The van der Waals surface area contributed by atoms with Crippen LogP contribution in [0.4, 0.5) is 0 Å². The number of piperidine rings is 1. The van der Waals surface area contributed by atoms with Crippen molar-refractivity contribution in [2.24, 2.45) is 5.92 Å². The van der Waals surface area contributed by atoms with Gasteiger partial charge in [0.25, 0.3) is 0 Å². The van der Waals surface area contributed by atoms with Crippen LogP contribution in [0.15, 0.2) is 23.8 Å². The van der Waals surface area contributed by atoms with Crippen LogP contribution < -0.4 is 4.74 Å². The maximum absolute atomic E-state index is 5.68. The van der Waals surface area contributed by atoms with Gasteiger partial charge in [-0.3, -0.25) is 4.90 Å². The van der Waals surface area contributed by atoms with Gasteiger partial charge in [0.05, 0.1) is 18.7 Å². The molecule has 1 saturated heterocycles. The van der Waals surface area contributed by atoms with Crippen molar-refractivity contribution < 1.29 is 4.74 Å². The number of nitrogens with zero attached hydrogens (tertiary/aromatic N) is 2. The number of benzene rings is 1. The quantitative estimate of drug-likeness (QED) is 0.795. The van der Waals surface area contributed by atoms with Crippen LogP contribution in [0.5, 0.6) is 5.75 Å². The Labute approximate surface area is 131 Å². The van der Waals surface area contributed by atoms with Crippen LogP contribution in [0.1, 0.15) is 37.1 Å². The summed E-state index contributed by atoms with van der Waals surface area (Å²) in [5.41, 5.74) is 5.93. The molecule has 1 fully saturated rings. The van der Waals surface area contributed by atoms with E-state index in [-0.39, 0.29) is 0 Å². The summed E-state index contributed by atoms with van der Waals surface area (Å²) in [7, 11) is 1.79. The highest BCUT2D eigenvalue weighted by Crippen LogP contribution is 2.50. The Balaban J connectivity index is 1.88. The molecular formula is C19H22N2O. The second kappa shape index (κ2) is 4.39. The number of hydrogen-bond donors (Lipinski definition) is 0. The van der Waals surface area contributed by atoms with Crippen LogP contribution in [-0.4, -0.2) is 29.7 Å². The largest absolute Gasteiger partial charge is 0.496 e. The van der Waals surface area contributed by atoms with E-state index >= 15 is 0 Å². The molecule has 3 aliphatic rings. The standard InChI is InChI=1S/C19H22N2O/c1-12-11-21-15-6-3-7-16(22-2)17(15)14-8-10-20-9-4-5-13(12)18(20)19(14)21/h3,6-7,11,13,18H,4-5,8-10H2,1-2H3/t13-,18-/m1/s1. The zero-order chi connectivity index (χ0) is 14.8. The van der Waals surface area contributed by atoms with Crippen molar-refractivity contribution in [3.8, 4) is 5.75 Å². The molecule has 3 heteroatoms. The first-order chi connectivity index (χ1) is 10.8. The van der Waals surface area contributed by atoms with Gasteiger partial charge in [-0.25, -0.2) is 0 Å². The Kier molecular flexibility index (Phi) is 2.55. The molecule has 2 atom stereocenters. The Morgan fingerprint density at radius 3 is 3.00 bits per heavy atom. The van der Waals surface area contributed by atoms with Gasteiger partial charge in [-0.1, -0.05) is 11.6 Å². The number of hydrogen-bond acceptors (Lipinski definition) is 2. The third kappa shape index (κ3) is 1.45. The summed E-state index contributed by atoms with van der Waals surface area (Å²) in [4.78, 5) is 2.72. The summed E-state index contributed by atoms with van der Waals surface area (Å²) in [6, 6.07) is 7.04. The first-order valence-electron chi connectivity index (χ1n) is 8.41. The number of rotatable bonds is 1. The summed E-state index contributed by atoms with van der Waals surface area (Å²) in [5.74, 6) is 1.73. The molecule has 0 N–H and O–H groups in total. The lowest BCUT2D eigenvalue weighted by molar-refractivity contribution is 0.0929. The van der Waals surface area contributed by atoms with Crippen molar-refractivity contribution in [3.05, 3.63) is 35.0 Å². The third-order valence-corrected chi connectivity index (χ3v) is 5.94. The Morgan fingerprint density at radius 1 is 1.23 bits per heavy atom. The zero-order valence-electron chi connectivity index (χ0n) is 13.3. The predicted octanol–water partition coefficient (Wildman–Crippen LogP) is 3.83. The minimum Gasteiger partial charge on any atom is -0.496 e. The fourth-order valence-corrected chi connectivity index (χ4v) is 5.02. The first kappa shape index (κ1) is 12.8. The topological polar surface area (TPSA) is 17.4 Å². The third-order valence-electron chi connectivity index (χ3n) is 5.94. The molecular weight excluding hydrogens is 272 g/mol. The molecule has 0 saturated carbocycles. The van der Waals surface area contributed by atoms with Crippen LogP contribution in [0.3, 0.4) is 0 Å². The molecule has 3 nitrogen and oxygen atoms in total. The van der Waals surface area contributed by atoms with Gasteiger partial charge >= 0.3 is 0 Å². The lowest BCUT2D eigenvalue weighted by Crippen LogP contribution is -2.45. The monoisotopic (exact) mass is 294 g/mol. The van der Waals surface area contributed by atoms with Crippen LogP contribution >= 0.6 is 0 Å². The van der Waals surface area contributed by atoms with E-state index in [0.29, 0.717) is 12.0 Å². The maximum atomic E-state index is 5.68. The first-order valence-corrected chi connectivity index (χ1v) is 8.41. The highest BCUT2D eigenvalue weighted by Gasteiger charge is 2.42. The van der Waals surface area contributed by atoms with E-state index in [1.807, 2.05) is 0 Å². The summed E-state index contributed by atoms with van der Waals surface area (Å²) in [6.07, 6.45) is 6.21. The molecule has 0 aliphatic carbocycles. The lowest BCUT2D eigenvalue weighted by Gasteiger charge is -2.47. The van der Waals surface area contributed by atoms with Gasteiger partial charge in [0.15, 0.2) is 0 Å². The minimum atomic E-state index is 0.583. The molecule has 4 heterocycles. The fraction of sp³-hybridized carbons (Fsp3) is 0.474. The highest BCUT2D eigenvalue weighted by atomic mass is 16.5. The normalized spacial score (nSPS) is 26.7. The van der Waals surface area contributed by atoms with Crippen LogP contribution in [-0.2, 0) is 6.42 Å². The van der Waals surface area contributed by atoms with Gasteiger partial charge in [0, 0.05) is 29.7 Å². The van der Waals surface area contributed by atoms with E-state index in [1.165, 1.54) is 48.0 Å². The van der Waals surface area contributed by atoms with Crippen molar-refractivity contribution in [2.45, 2.75) is 32.2 Å². The molecule has 22 heavy (non-hydrogen) atoms. The smallest absolute Gasteiger partial charge is 0.128 e. The Morgan fingerprint density at radius 2 is 2.14 bits per heavy atom. The molecule has 0 bridgehead atoms. The minimum absolute atomic E-state index is 0.583. The molecule has 0 spiro atoms. The highest BCUT2D eigenvalue weighted by molar-refractivity contribution is 5.93. The summed E-state index contributed by atoms with van der Waals surface area (Å²) in [5, 5.41) is 1.34. The lowest BCUT2D eigenvalue weighted by atomic mass is 9.77. The van der Waals surface area contributed by atoms with Crippen molar-refractivity contribution >= 4 is 17.1 Å². The van der Waals surface area contributed by atoms with Crippen LogP contribution in [0.2, 0.25) is 0 Å². The van der Waals surface area contributed by atoms with Gasteiger partial charge in [-0.05, 0) is 50.4 Å². The second-order valence-corrected chi connectivity index (χ2v) is 6.94. The maximum Gasteiger partial charge on any atom is 0.128 e. The number of aromatic nitrogens is 1. The summed E-state index contributed by atoms with van der Waals surface area (Å²) < 4.78 is 8.14. The van der Waals surface area contributed by atoms with E-state index in [4.69, 9.17) is 4.74 Å². The second-order valence-electron chi connectivity index (χ2n) is 6.94. The van der Waals surface area contributed by atoms with Crippen molar-refractivity contribution in [3.63, 3.8) is 0 Å². The molecule has 114 valence electrons. The molecule has 1 aromatic heterocycles. The number of fused-ring (bicyclic) bond motifs is 3. The Hall–Kier alpha value is -1.74. The van der Waals surface area contributed by atoms with Crippen molar-refractivity contribution in [1.82, 2.24) is 9.47 Å². The van der Waals surface area contributed by atoms with E-state index in [2.05, 4.69) is 40.8 Å². The van der Waals surface area contributed by atoms with E-state index in [9.17, 15) is 0 Å². The molecule has 0 unspecified atom stereocenters.